The smallest absolute Gasteiger partial charge is 0.326 e. The van der Waals surface area contributed by atoms with Gasteiger partial charge in [0.1, 0.15) is 0 Å². The van der Waals surface area contributed by atoms with Crippen LogP contribution in [0.3, 0.4) is 0 Å². The molecule has 6 nitrogen and oxygen atoms in total. The van der Waals surface area contributed by atoms with E-state index in [1.807, 2.05) is 36.8 Å². The summed E-state index contributed by atoms with van der Waals surface area (Å²) in [6.45, 7) is 15.3. The molecule has 3 aliphatic rings. The molecule has 0 aromatic carbocycles. The number of carbonyl (C=O) groups excluding carboxylic acids is 2. The van der Waals surface area contributed by atoms with Crippen molar-refractivity contribution in [3.63, 3.8) is 0 Å². The first-order valence-corrected chi connectivity index (χ1v) is 15.8. The first kappa shape index (κ1) is 32.6. The Morgan fingerprint density at radius 3 is 2.42 bits per heavy atom. The second-order valence-corrected chi connectivity index (χ2v) is 12.6. The fraction of sp³-hybridized carbons (Fsp3) is 0.677. The minimum atomic E-state index is -0.0396. The van der Waals surface area contributed by atoms with Crippen LogP contribution in [0.2, 0.25) is 0 Å². The Labute approximate surface area is 245 Å². The van der Waals surface area contributed by atoms with Crippen molar-refractivity contribution in [3.8, 4) is 0 Å². The summed E-state index contributed by atoms with van der Waals surface area (Å²) < 4.78 is 0.170. The first-order chi connectivity index (χ1) is 18.1. The van der Waals surface area contributed by atoms with E-state index in [0.717, 1.165) is 68.6 Å². The molecule has 2 aliphatic carbocycles. The van der Waals surface area contributed by atoms with Crippen molar-refractivity contribution in [3.05, 3.63) is 46.8 Å². The maximum Gasteiger partial charge on any atom is 0.326 e. The summed E-state index contributed by atoms with van der Waals surface area (Å²) in [5.41, 5.74) is 4.35. The number of urea groups is 1. The molecular weight excluding hydrogens is 587 g/mol. The highest BCUT2D eigenvalue weighted by atomic mass is 127. The van der Waals surface area contributed by atoms with E-state index in [-0.39, 0.29) is 21.9 Å². The quantitative estimate of drug-likeness (QED) is 0.167. The van der Waals surface area contributed by atoms with Gasteiger partial charge in [0.05, 0.1) is 15.4 Å². The minimum Gasteiger partial charge on any atom is -0.332 e. The third-order valence-corrected chi connectivity index (χ3v) is 8.68. The number of allylic oxidation sites excluding steroid dienone is 5. The van der Waals surface area contributed by atoms with E-state index in [2.05, 4.69) is 85.8 Å². The number of rotatable bonds is 9. The molecule has 1 heterocycles. The number of hydrogen-bond donors (Lipinski definition) is 1. The number of nitrogens with zero attached hydrogens (tertiary/aromatic N) is 3. The van der Waals surface area contributed by atoms with Crippen LogP contribution in [0.1, 0.15) is 80.1 Å². The van der Waals surface area contributed by atoms with E-state index in [1.54, 1.807) is 0 Å². The van der Waals surface area contributed by atoms with Crippen LogP contribution in [0.4, 0.5) is 4.79 Å². The van der Waals surface area contributed by atoms with Crippen molar-refractivity contribution in [1.82, 2.24) is 20.0 Å². The van der Waals surface area contributed by atoms with Crippen LogP contribution in [0.15, 0.2) is 46.8 Å². The summed E-state index contributed by atoms with van der Waals surface area (Å²) in [6, 6.07) is -0.0396. The van der Waals surface area contributed by atoms with Gasteiger partial charge in [-0.1, -0.05) is 81.0 Å². The predicted octanol–water partition coefficient (Wildman–Crippen LogP) is 7.11. The maximum absolute atomic E-state index is 13.2. The number of amides is 3. The average Bonchev–Trinajstić information content (AvgIpc) is 3.07. The number of nitrogens with one attached hydrogen (secondary N) is 1. The Morgan fingerprint density at radius 2 is 1.82 bits per heavy atom. The molecule has 3 amide bonds. The zero-order valence-corrected chi connectivity index (χ0v) is 27.2. The third kappa shape index (κ3) is 8.97. The molecule has 1 N–H and O–H groups in total. The Balaban J connectivity index is 0.00000247. The normalized spacial score (nSPS) is 23.4. The van der Waals surface area contributed by atoms with Crippen molar-refractivity contribution in [2.45, 2.75) is 84.1 Å². The molecule has 0 bridgehead atoms. The molecule has 0 aromatic heterocycles. The highest BCUT2D eigenvalue weighted by Gasteiger charge is 2.35. The Hall–Kier alpha value is -1.61. The lowest BCUT2D eigenvalue weighted by Crippen LogP contribution is -2.48. The number of hydrogen-bond acceptors (Lipinski definition) is 3. The van der Waals surface area contributed by atoms with Gasteiger partial charge < -0.3 is 15.1 Å². The molecule has 0 aromatic rings. The lowest BCUT2D eigenvalue weighted by atomic mass is 9.81. The second kappa shape index (κ2) is 15.8. The summed E-state index contributed by atoms with van der Waals surface area (Å²) in [4.78, 5) is 32.6. The van der Waals surface area contributed by atoms with E-state index < -0.39 is 0 Å². The Bertz CT molecular complexity index is 928. The summed E-state index contributed by atoms with van der Waals surface area (Å²) in [5, 5.41) is 3.12. The molecule has 1 saturated heterocycles. The fourth-order valence-electron chi connectivity index (χ4n) is 5.49. The summed E-state index contributed by atoms with van der Waals surface area (Å²) >= 11 is 2.41. The second-order valence-electron chi connectivity index (χ2n) is 11.2. The van der Waals surface area contributed by atoms with Gasteiger partial charge in [-0.2, -0.15) is 0 Å². The van der Waals surface area contributed by atoms with Gasteiger partial charge in [-0.15, -0.1) is 0 Å². The largest absolute Gasteiger partial charge is 0.332 e. The zero-order valence-electron chi connectivity index (χ0n) is 25.0. The van der Waals surface area contributed by atoms with Gasteiger partial charge in [0, 0.05) is 38.2 Å². The van der Waals surface area contributed by atoms with Crippen LogP contribution < -0.4 is 5.32 Å². The van der Waals surface area contributed by atoms with Crippen molar-refractivity contribution in [2.24, 2.45) is 17.8 Å². The molecule has 1 saturated carbocycles. The zero-order chi connectivity index (χ0) is 28.4. The van der Waals surface area contributed by atoms with Gasteiger partial charge in [0.25, 0.3) is 0 Å². The van der Waals surface area contributed by atoms with Gasteiger partial charge >= 0.3 is 6.03 Å². The van der Waals surface area contributed by atoms with Gasteiger partial charge in [0.2, 0.25) is 5.91 Å². The van der Waals surface area contributed by atoms with Crippen molar-refractivity contribution in [2.75, 3.05) is 33.7 Å². The molecule has 1 atom stereocenters. The lowest BCUT2D eigenvalue weighted by molar-refractivity contribution is -0.136. The van der Waals surface area contributed by atoms with Gasteiger partial charge in [-0.3, -0.25) is 9.69 Å². The number of alkyl halides is 1. The molecule has 0 spiro atoms. The summed E-state index contributed by atoms with van der Waals surface area (Å²) in [7, 11) is 4.09. The molecule has 38 heavy (non-hydrogen) atoms. The third-order valence-electron chi connectivity index (χ3n) is 7.45. The number of likely N-dealkylation sites (N-methyl/N-ethyl adjacent to an activating group) is 2. The maximum atomic E-state index is 13.2. The lowest BCUT2D eigenvalue weighted by Gasteiger charge is -2.38. The van der Waals surface area contributed by atoms with Gasteiger partial charge in [0.15, 0.2) is 0 Å². The van der Waals surface area contributed by atoms with Crippen LogP contribution in [0.25, 0.3) is 0 Å². The van der Waals surface area contributed by atoms with Crippen molar-refractivity contribution in [1.29, 1.82) is 0 Å². The fourth-order valence-corrected chi connectivity index (χ4v) is 6.44. The molecule has 7 heteroatoms. The first-order valence-electron chi connectivity index (χ1n) is 14.6. The number of carbonyl (C=O) groups is 2. The molecule has 0 radical (unpaired) electrons. The van der Waals surface area contributed by atoms with Crippen LogP contribution in [-0.4, -0.2) is 64.4 Å². The molecular formula is C31H51IN4O2. The van der Waals surface area contributed by atoms with Crippen LogP contribution in [-0.2, 0) is 4.79 Å². The monoisotopic (exact) mass is 638 g/mol. The standard InChI is InChI=1S/C29H45IN4O2.C2H6/c1-7-8-26-24-15-9-21(4)10-16-25(24)31-29(36)34(26)18-22-11-13-23(14-12-22)28(35)33(6)27(30)19-32(5)17-20(2)3;1-2/h8,10,15-16,20,22-23,27H,7,9,11-14,17-19H2,1-6H3,(H,31,36);1-2H3/b26-8+;. The van der Waals surface area contributed by atoms with Crippen molar-refractivity contribution >= 4 is 34.5 Å². The van der Waals surface area contributed by atoms with E-state index in [0.29, 0.717) is 18.4 Å². The average molecular weight is 639 g/mol. The highest BCUT2D eigenvalue weighted by molar-refractivity contribution is 14.1. The number of fused-ring (bicyclic) bond motifs is 1. The topological polar surface area (TPSA) is 55.9 Å². The molecule has 214 valence electrons. The van der Waals surface area contributed by atoms with E-state index >= 15 is 0 Å². The van der Waals surface area contributed by atoms with Crippen molar-refractivity contribution < 1.29 is 9.59 Å². The Morgan fingerprint density at radius 1 is 1.16 bits per heavy atom. The highest BCUT2D eigenvalue weighted by Crippen LogP contribution is 2.35. The predicted molar refractivity (Wildman–Crippen MR) is 168 cm³/mol. The van der Waals surface area contributed by atoms with E-state index in [9.17, 15) is 9.59 Å². The van der Waals surface area contributed by atoms with Crippen LogP contribution in [0, 0.1) is 17.8 Å². The summed E-state index contributed by atoms with van der Waals surface area (Å²) in [6.07, 6.45) is 14.1. The van der Waals surface area contributed by atoms with Crippen LogP contribution in [0.5, 0.6) is 0 Å². The Kier molecular flexibility index (Phi) is 13.6. The van der Waals surface area contributed by atoms with E-state index in [4.69, 9.17) is 0 Å². The van der Waals surface area contributed by atoms with Gasteiger partial charge in [-0.05, 0) is 70.4 Å². The molecule has 1 unspecified atom stereocenters. The number of halogens is 1. The molecule has 2 fully saturated rings. The minimum absolute atomic E-state index is 0.0396. The van der Waals surface area contributed by atoms with E-state index in [1.165, 1.54) is 5.57 Å². The molecule has 1 aliphatic heterocycles. The van der Waals surface area contributed by atoms with Gasteiger partial charge in [-0.25, -0.2) is 4.79 Å². The SMILES string of the molecule is CC.CC/C=C1\C2=CCC(C)=CC=C2NC(=O)N1CC1CCC(C(=O)N(C)C(I)CN(C)CC(C)C)CC1. The summed E-state index contributed by atoms with van der Waals surface area (Å²) in [5.74, 6) is 1.39. The van der Waals surface area contributed by atoms with Crippen LogP contribution >= 0.6 is 22.6 Å². The molecule has 3 rings (SSSR count).